The molecule has 1 fully saturated rings. The van der Waals surface area contributed by atoms with Gasteiger partial charge in [0.2, 0.25) is 5.91 Å². The van der Waals surface area contributed by atoms with E-state index in [0.29, 0.717) is 12.5 Å². The number of likely N-dealkylation sites (tertiary alicyclic amines) is 1. The number of para-hydroxylation sites is 1. The molecule has 2 N–H and O–H groups in total. The number of hydrogen-bond acceptors (Lipinski definition) is 4. The van der Waals surface area contributed by atoms with E-state index in [1.165, 1.54) is 0 Å². The molecule has 1 aromatic carbocycles. The molecule has 0 atom stereocenters. The average molecular weight is 372 g/mol. The molecule has 26 heavy (non-hydrogen) atoms. The first-order chi connectivity index (χ1) is 12.5. The minimum Gasteiger partial charge on any atom is -0.343 e. The number of hydrogen-bond donors (Lipinski definition) is 2. The van der Waals surface area contributed by atoms with Crippen LogP contribution in [0.1, 0.15) is 24.8 Å². The van der Waals surface area contributed by atoms with Gasteiger partial charge in [0.15, 0.2) is 0 Å². The molecule has 138 valence electrons. The number of carbonyl (C=O) groups excluding carboxylic acids is 2. The molecule has 0 aliphatic carbocycles. The van der Waals surface area contributed by atoms with Crippen LogP contribution in [0.3, 0.4) is 0 Å². The molecule has 2 aromatic rings. The van der Waals surface area contributed by atoms with Crippen LogP contribution in [0.2, 0.25) is 0 Å². The number of nitrogens with one attached hydrogen (secondary N) is 2. The Labute approximate surface area is 157 Å². The van der Waals surface area contributed by atoms with E-state index in [9.17, 15) is 9.59 Å². The molecule has 0 bridgehead atoms. The van der Waals surface area contributed by atoms with Crippen molar-refractivity contribution in [1.29, 1.82) is 0 Å². The van der Waals surface area contributed by atoms with Crippen molar-refractivity contribution in [3.63, 3.8) is 0 Å². The molecule has 7 heteroatoms. The van der Waals surface area contributed by atoms with Crippen molar-refractivity contribution in [2.24, 2.45) is 5.92 Å². The second kappa shape index (κ2) is 8.31. The van der Waals surface area contributed by atoms with Gasteiger partial charge in [-0.25, -0.2) is 9.78 Å². The van der Waals surface area contributed by atoms with Gasteiger partial charge >= 0.3 is 6.03 Å². The highest BCUT2D eigenvalue weighted by Gasteiger charge is 2.21. The Bertz CT molecular complexity index is 781. The third-order valence-corrected chi connectivity index (χ3v) is 5.45. The number of amides is 3. The lowest BCUT2D eigenvalue weighted by Gasteiger charge is -2.31. The summed E-state index contributed by atoms with van der Waals surface area (Å²) in [5.74, 6) is 0.538. The van der Waals surface area contributed by atoms with Crippen LogP contribution in [0.5, 0.6) is 0 Å². The zero-order valence-corrected chi connectivity index (χ0v) is 15.9. The van der Waals surface area contributed by atoms with Gasteiger partial charge in [0.1, 0.15) is 0 Å². The minimum absolute atomic E-state index is 0.128. The second-order valence-corrected chi connectivity index (χ2v) is 7.64. The predicted octanol–water partition coefficient (Wildman–Crippen LogP) is 3.50. The zero-order valence-electron chi connectivity index (χ0n) is 15.1. The molecule has 0 saturated carbocycles. The first-order valence-electron chi connectivity index (χ1n) is 8.85. The molecule has 1 saturated heterocycles. The van der Waals surface area contributed by atoms with Gasteiger partial charge in [-0.05, 0) is 31.7 Å². The lowest BCUT2D eigenvalue weighted by molar-refractivity contribution is -0.130. The summed E-state index contributed by atoms with van der Waals surface area (Å²) in [7, 11) is 0. The Hall–Kier alpha value is -2.41. The average Bonchev–Trinajstić information content (AvgIpc) is 3.07. The van der Waals surface area contributed by atoms with Crippen LogP contribution in [-0.2, 0) is 4.79 Å². The summed E-state index contributed by atoms with van der Waals surface area (Å²) >= 11 is 1.59. The number of rotatable bonds is 4. The van der Waals surface area contributed by atoms with Crippen LogP contribution in [0.25, 0.3) is 11.3 Å². The van der Waals surface area contributed by atoms with E-state index in [-0.39, 0.29) is 11.9 Å². The van der Waals surface area contributed by atoms with Crippen LogP contribution in [0.15, 0.2) is 29.6 Å². The number of nitrogens with zero attached hydrogens (tertiary/aromatic N) is 2. The fourth-order valence-electron chi connectivity index (χ4n) is 3.16. The maximum absolute atomic E-state index is 12.3. The number of urea groups is 1. The molecule has 6 nitrogen and oxygen atoms in total. The quantitative estimate of drug-likeness (QED) is 0.863. The van der Waals surface area contributed by atoms with Gasteiger partial charge in [0.05, 0.1) is 16.4 Å². The first-order valence-corrected chi connectivity index (χ1v) is 9.73. The number of carbonyl (C=O) groups is 2. The number of piperidine rings is 1. The molecule has 1 aliphatic rings. The number of benzene rings is 1. The topological polar surface area (TPSA) is 74.3 Å². The number of aromatic nitrogens is 1. The van der Waals surface area contributed by atoms with Gasteiger partial charge in [-0.1, -0.05) is 18.2 Å². The van der Waals surface area contributed by atoms with Crippen LogP contribution in [0, 0.1) is 12.8 Å². The molecule has 3 rings (SSSR count). The van der Waals surface area contributed by atoms with Crippen molar-refractivity contribution in [3.05, 3.63) is 34.7 Å². The number of thiazole rings is 1. The molecule has 0 spiro atoms. The summed E-state index contributed by atoms with van der Waals surface area (Å²) in [5.41, 5.74) is 2.54. The molecule has 2 heterocycles. The van der Waals surface area contributed by atoms with Crippen LogP contribution in [0.4, 0.5) is 10.5 Å². The standard InChI is InChI=1S/C19H24N4O2S/c1-13-21-18(12-26-13)16-5-3-4-6-17(16)22-19(25)20-11-15-7-9-23(10-8-15)14(2)24/h3-6,12,15H,7-11H2,1-2H3,(H2,20,22,25). The molecule has 3 amide bonds. The van der Waals surface area contributed by atoms with Crippen molar-refractivity contribution in [1.82, 2.24) is 15.2 Å². The Morgan fingerprint density at radius 2 is 2.00 bits per heavy atom. The summed E-state index contributed by atoms with van der Waals surface area (Å²) in [5, 5.41) is 8.89. The van der Waals surface area contributed by atoms with E-state index >= 15 is 0 Å². The highest BCUT2D eigenvalue weighted by molar-refractivity contribution is 7.09. The Balaban J connectivity index is 1.54. The van der Waals surface area contributed by atoms with E-state index in [2.05, 4.69) is 15.6 Å². The van der Waals surface area contributed by atoms with Crippen molar-refractivity contribution in [2.45, 2.75) is 26.7 Å². The third-order valence-electron chi connectivity index (χ3n) is 4.68. The minimum atomic E-state index is -0.210. The Morgan fingerprint density at radius 1 is 1.27 bits per heavy atom. The normalized spacial score (nSPS) is 14.9. The summed E-state index contributed by atoms with van der Waals surface area (Å²) in [6.45, 7) is 5.74. The Kier molecular flexibility index (Phi) is 5.88. The lowest BCUT2D eigenvalue weighted by Crippen LogP contribution is -2.41. The second-order valence-electron chi connectivity index (χ2n) is 6.58. The predicted molar refractivity (Wildman–Crippen MR) is 104 cm³/mol. The van der Waals surface area contributed by atoms with Gasteiger partial charge < -0.3 is 15.5 Å². The molecule has 1 aliphatic heterocycles. The molecular formula is C19H24N4O2S. The van der Waals surface area contributed by atoms with Crippen molar-refractivity contribution in [2.75, 3.05) is 25.0 Å². The summed E-state index contributed by atoms with van der Waals surface area (Å²) < 4.78 is 0. The zero-order chi connectivity index (χ0) is 18.5. The molecule has 0 radical (unpaired) electrons. The van der Waals surface area contributed by atoms with Gasteiger partial charge in [-0.15, -0.1) is 11.3 Å². The van der Waals surface area contributed by atoms with Crippen LogP contribution in [-0.4, -0.2) is 41.5 Å². The lowest BCUT2D eigenvalue weighted by atomic mass is 9.97. The maximum atomic E-state index is 12.3. The van der Waals surface area contributed by atoms with Crippen LogP contribution < -0.4 is 10.6 Å². The summed E-state index contributed by atoms with van der Waals surface area (Å²) in [6.07, 6.45) is 1.85. The van der Waals surface area contributed by atoms with E-state index in [1.807, 2.05) is 41.5 Å². The third kappa shape index (κ3) is 4.60. The highest BCUT2D eigenvalue weighted by Crippen LogP contribution is 2.28. The highest BCUT2D eigenvalue weighted by atomic mass is 32.1. The van der Waals surface area contributed by atoms with Gasteiger partial charge in [-0.2, -0.15) is 0 Å². The molecule has 1 aromatic heterocycles. The summed E-state index contributed by atoms with van der Waals surface area (Å²) in [6, 6.07) is 7.47. The van der Waals surface area contributed by atoms with E-state index < -0.39 is 0 Å². The van der Waals surface area contributed by atoms with E-state index in [0.717, 1.165) is 47.9 Å². The largest absolute Gasteiger partial charge is 0.343 e. The summed E-state index contributed by atoms with van der Waals surface area (Å²) in [4.78, 5) is 30.0. The first kappa shape index (κ1) is 18.4. The van der Waals surface area contributed by atoms with Gasteiger partial charge in [-0.3, -0.25) is 4.79 Å². The number of aryl methyl sites for hydroxylation is 1. The van der Waals surface area contributed by atoms with Crippen molar-refractivity contribution in [3.8, 4) is 11.3 Å². The molecule has 0 unspecified atom stereocenters. The monoisotopic (exact) mass is 372 g/mol. The fourth-order valence-corrected chi connectivity index (χ4v) is 3.77. The van der Waals surface area contributed by atoms with Crippen molar-refractivity contribution >= 4 is 29.0 Å². The number of anilines is 1. The van der Waals surface area contributed by atoms with Crippen molar-refractivity contribution < 1.29 is 9.59 Å². The fraction of sp³-hybridized carbons (Fsp3) is 0.421. The van der Waals surface area contributed by atoms with E-state index in [4.69, 9.17) is 0 Å². The van der Waals surface area contributed by atoms with Crippen LogP contribution >= 0.6 is 11.3 Å². The SMILES string of the molecule is CC(=O)N1CCC(CNC(=O)Nc2ccccc2-c2csc(C)n2)CC1. The Morgan fingerprint density at radius 3 is 2.65 bits per heavy atom. The van der Waals surface area contributed by atoms with E-state index in [1.54, 1.807) is 18.3 Å². The smallest absolute Gasteiger partial charge is 0.319 e. The maximum Gasteiger partial charge on any atom is 0.319 e. The molecular weight excluding hydrogens is 348 g/mol. The van der Waals surface area contributed by atoms with Gasteiger partial charge in [0, 0.05) is 37.5 Å². The van der Waals surface area contributed by atoms with Gasteiger partial charge in [0.25, 0.3) is 0 Å².